The Balaban J connectivity index is 1.92. The summed E-state index contributed by atoms with van der Waals surface area (Å²) >= 11 is 0. The average Bonchev–Trinajstić information content (AvgIpc) is 2.64. The number of aryl methyl sites for hydroxylation is 1. The SMILES string of the molecule is COc1ccc(C(=O)OCC(=O)NCc2ccccc2C)cc1[N+](=O)[O-]. The molecular formula is C18H18N2O6. The summed E-state index contributed by atoms with van der Waals surface area (Å²) < 4.78 is 9.77. The standard InChI is InChI=1S/C18H18N2O6/c1-12-5-3-4-6-14(12)10-19-17(21)11-26-18(22)13-7-8-16(25-2)15(9-13)20(23)24/h3-9H,10-11H2,1-2H3,(H,19,21). The number of carbonyl (C=O) groups is 2. The number of nitro groups is 1. The van der Waals surface area contributed by atoms with Crippen molar-refractivity contribution >= 4 is 17.6 Å². The molecule has 0 unspecified atom stereocenters. The van der Waals surface area contributed by atoms with Crippen molar-refractivity contribution in [3.05, 3.63) is 69.3 Å². The molecule has 0 bridgehead atoms. The second kappa shape index (κ2) is 8.61. The molecule has 1 N–H and O–H groups in total. The van der Waals surface area contributed by atoms with Crippen molar-refractivity contribution in [3.63, 3.8) is 0 Å². The molecule has 0 atom stereocenters. The van der Waals surface area contributed by atoms with E-state index in [-0.39, 0.29) is 17.0 Å². The molecule has 2 aromatic carbocycles. The van der Waals surface area contributed by atoms with Crippen LogP contribution in [0.25, 0.3) is 0 Å². The summed E-state index contributed by atoms with van der Waals surface area (Å²) in [6.07, 6.45) is 0. The molecule has 26 heavy (non-hydrogen) atoms. The quantitative estimate of drug-likeness (QED) is 0.462. The van der Waals surface area contributed by atoms with Crippen LogP contribution in [0.5, 0.6) is 5.75 Å². The van der Waals surface area contributed by atoms with E-state index in [1.807, 2.05) is 31.2 Å². The Labute approximate surface area is 149 Å². The fourth-order valence-electron chi connectivity index (χ4n) is 2.23. The number of ether oxygens (including phenoxy) is 2. The van der Waals surface area contributed by atoms with Crippen LogP contribution < -0.4 is 10.1 Å². The molecule has 0 aliphatic heterocycles. The number of nitrogens with one attached hydrogen (secondary N) is 1. The molecule has 0 fully saturated rings. The van der Waals surface area contributed by atoms with E-state index in [0.717, 1.165) is 17.2 Å². The highest BCUT2D eigenvalue weighted by Gasteiger charge is 2.19. The summed E-state index contributed by atoms with van der Waals surface area (Å²) in [5.74, 6) is -1.27. The van der Waals surface area contributed by atoms with Crippen LogP contribution in [0.4, 0.5) is 5.69 Å². The molecule has 0 saturated heterocycles. The van der Waals surface area contributed by atoms with Crippen molar-refractivity contribution in [1.29, 1.82) is 0 Å². The van der Waals surface area contributed by atoms with Crippen LogP contribution in [0.3, 0.4) is 0 Å². The number of amides is 1. The van der Waals surface area contributed by atoms with Crippen LogP contribution in [-0.4, -0.2) is 30.5 Å². The number of rotatable bonds is 7. The third-order valence-corrected chi connectivity index (χ3v) is 3.68. The van der Waals surface area contributed by atoms with Crippen LogP contribution in [0, 0.1) is 17.0 Å². The van der Waals surface area contributed by atoms with E-state index >= 15 is 0 Å². The second-order valence-electron chi connectivity index (χ2n) is 5.42. The molecule has 1 amide bonds. The van der Waals surface area contributed by atoms with Gasteiger partial charge in [0, 0.05) is 12.6 Å². The summed E-state index contributed by atoms with van der Waals surface area (Å²) in [7, 11) is 1.29. The highest BCUT2D eigenvalue weighted by atomic mass is 16.6. The normalized spacial score (nSPS) is 10.1. The van der Waals surface area contributed by atoms with Gasteiger partial charge < -0.3 is 14.8 Å². The number of carbonyl (C=O) groups excluding carboxylic acids is 2. The number of methoxy groups -OCH3 is 1. The Morgan fingerprint density at radius 1 is 1.19 bits per heavy atom. The third kappa shape index (κ3) is 4.79. The van der Waals surface area contributed by atoms with Gasteiger partial charge in [-0.15, -0.1) is 0 Å². The van der Waals surface area contributed by atoms with Crippen molar-refractivity contribution in [3.8, 4) is 5.75 Å². The fourth-order valence-corrected chi connectivity index (χ4v) is 2.23. The van der Waals surface area contributed by atoms with Gasteiger partial charge in [0.25, 0.3) is 5.91 Å². The predicted octanol–water partition coefficient (Wildman–Crippen LogP) is 2.39. The summed E-state index contributed by atoms with van der Waals surface area (Å²) in [4.78, 5) is 34.1. The Morgan fingerprint density at radius 3 is 2.58 bits per heavy atom. The molecule has 2 aromatic rings. The Morgan fingerprint density at radius 2 is 1.92 bits per heavy atom. The molecule has 0 radical (unpaired) electrons. The number of nitro benzene ring substituents is 1. The van der Waals surface area contributed by atoms with Gasteiger partial charge in [0.1, 0.15) is 0 Å². The van der Waals surface area contributed by atoms with E-state index in [4.69, 9.17) is 9.47 Å². The largest absolute Gasteiger partial charge is 0.490 e. The molecule has 0 saturated carbocycles. The highest BCUT2D eigenvalue weighted by Crippen LogP contribution is 2.27. The van der Waals surface area contributed by atoms with Gasteiger partial charge >= 0.3 is 11.7 Å². The first-order chi connectivity index (χ1) is 12.4. The second-order valence-corrected chi connectivity index (χ2v) is 5.42. The first kappa shape index (κ1) is 18.9. The summed E-state index contributed by atoms with van der Waals surface area (Å²) in [6.45, 7) is 1.76. The maximum absolute atomic E-state index is 12.0. The van der Waals surface area contributed by atoms with Gasteiger partial charge in [0.2, 0.25) is 0 Å². The van der Waals surface area contributed by atoms with Gasteiger partial charge in [-0.2, -0.15) is 0 Å². The molecule has 136 valence electrons. The lowest BCUT2D eigenvalue weighted by molar-refractivity contribution is -0.385. The van der Waals surface area contributed by atoms with E-state index in [0.29, 0.717) is 6.54 Å². The monoisotopic (exact) mass is 358 g/mol. The third-order valence-electron chi connectivity index (χ3n) is 3.68. The zero-order valence-electron chi connectivity index (χ0n) is 14.4. The van der Waals surface area contributed by atoms with Gasteiger partial charge in [-0.05, 0) is 30.2 Å². The number of nitrogens with zero attached hydrogens (tertiary/aromatic N) is 1. The fraction of sp³-hybridized carbons (Fsp3) is 0.222. The Hall–Kier alpha value is -3.42. The Kier molecular flexibility index (Phi) is 6.26. The summed E-state index contributed by atoms with van der Waals surface area (Å²) in [5.41, 5.74) is 1.60. The molecule has 0 spiro atoms. The molecule has 2 rings (SSSR count). The van der Waals surface area contributed by atoms with Crippen molar-refractivity contribution < 1.29 is 24.0 Å². The van der Waals surface area contributed by atoms with Crippen LogP contribution >= 0.6 is 0 Å². The zero-order chi connectivity index (χ0) is 19.1. The number of benzene rings is 2. The van der Waals surface area contributed by atoms with E-state index in [1.165, 1.54) is 19.2 Å². The highest BCUT2D eigenvalue weighted by molar-refractivity contribution is 5.92. The minimum atomic E-state index is -0.832. The van der Waals surface area contributed by atoms with Gasteiger partial charge in [0.15, 0.2) is 12.4 Å². The predicted molar refractivity (Wildman–Crippen MR) is 93.0 cm³/mol. The topological polar surface area (TPSA) is 108 Å². The van der Waals surface area contributed by atoms with E-state index in [2.05, 4.69) is 5.32 Å². The molecule has 0 heterocycles. The lowest BCUT2D eigenvalue weighted by Gasteiger charge is -2.09. The number of hydrogen-bond donors (Lipinski definition) is 1. The van der Waals surface area contributed by atoms with Crippen molar-refractivity contribution in [1.82, 2.24) is 5.32 Å². The minimum absolute atomic E-state index is 0.0301. The molecule has 0 aliphatic carbocycles. The summed E-state index contributed by atoms with van der Waals surface area (Å²) in [6, 6.07) is 11.3. The number of esters is 1. The average molecular weight is 358 g/mol. The van der Waals surface area contributed by atoms with Gasteiger partial charge in [0.05, 0.1) is 17.6 Å². The molecule has 0 aliphatic rings. The summed E-state index contributed by atoms with van der Waals surface area (Å²) in [5, 5.41) is 13.6. The molecule has 8 nitrogen and oxygen atoms in total. The van der Waals surface area contributed by atoms with Gasteiger partial charge in [-0.25, -0.2) is 4.79 Å². The lowest BCUT2D eigenvalue weighted by atomic mass is 10.1. The van der Waals surface area contributed by atoms with Crippen LogP contribution in [-0.2, 0) is 16.1 Å². The maximum atomic E-state index is 12.0. The smallest absolute Gasteiger partial charge is 0.338 e. The molecular weight excluding hydrogens is 340 g/mol. The van der Waals surface area contributed by atoms with E-state index in [1.54, 1.807) is 0 Å². The van der Waals surface area contributed by atoms with Gasteiger partial charge in [-0.1, -0.05) is 24.3 Å². The zero-order valence-corrected chi connectivity index (χ0v) is 14.4. The first-order valence-electron chi connectivity index (χ1n) is 7.73. The molecule has 0 aromatic heterocycles. The van der Waals surface area contributed by atoms with E-state index < -0.39 is 23.4 Å². The van der Waals surface area contributed by atoms with Crippen molar-refractivity contribution in [2.75, 3.05) is 13.7 Å². The van der Waals surface area contributed by atoms with Crippen LogP contribution in [0.2, 0.25) is 0 Å². The van der Waals surface area contributed by atoms with Gasteiger partial charge in [-0.3, -0.25) is 14.9 Å². The van der Waals surface area contributed by atoms with Crippen molar-refractivity contribution in [2.45, 2.75) is 13.5 Å². The maximum Gasteiger partial charge on any atom is 0.338 e. The lowest BCUT2D eigenvalue weighted by Crippen LogP contribution is -2.28. The Bertz CT molecular complexity index is 834. The van der Waals surface area contributed by atoms with Crippen molar-refractivity contribution in [2.24, 2.45) is 0 Å². The first-order valence-corrected chi connectivity index (χ1v) is 7.73. The van der Waals surface area contributed by atoms with E-state index in [9.17, 15) is 19.7 Å². The van der Waals surface area contributed by atoms with Crippen LogP contribution in [0.1, 0.15) is 21.5 Å². The minimum Gasteiger partial charge on any atom is -0.490 e. The number of hydrogen-bond acceptors (Lipinski definition) is 6. The van der Waals surface area contributed by atoms with Crippen LogP contribution in [0.15, 0.2) is 42.5 Å². The molecule has 8 heteroatoms.